The Bertz CT molecular complexity index is 542. The zero-order valence-corrected chi connectivity index (χ0v) is 12.1. The number of halogens is 2. The van der Waals surface area contributed by atoms with Crippen LogP contribution in [0, 0.1) is 0 Å². The Labute approximate surface area is 122 Å². The maximum absolute atomic E-state index is 6.11. The van der Waals surface area contributed by atoms with Gasteiger partial charge in [0, 0.05) is 16.5 Å². The molecule has 0 aliphatic rings. The molecule has 0 amide bonds. The molecule has 0 saturated heterocycles. The summed E-state index contributed by atoms with van der Waals surface area (Å²) >= 11 is 12.0. The molecule has 0 aliphatic carbocycles. The predicted molar refractivity (Wildman–Crippen MR) is 75.6 cm³/mol. The van der Waals surface area contributed by atoms with E-state index in [9.17, 15) is 0 Å². The van der Waals surface area contributed by atoms with Crippen LogP contribution in [-0.2, 0) is 13.0 Å². The van der Waals surface area contributed by atoms with Crippen molar-refractivity contribution in [1.82, 2.24) is 15.5 Å². The number of benzene rings is 1. The van der Waals surface area contributed by atoms with E-state index in [-0.39, 0.29) is 0 Å². The van der Waals surface area contributed by atoms with Gasteiger partial charge in [-0.25, -0.2) is 0 Å². The Hall–Kier alpha value is -1.10. The number of hydrogen-bond acceptors (Lipinski definition) is 4. The first-order valence-electron chi connectivity index (χ1n) is 6.15. The zero-order valence-electron chi connectivity index (χ0n) is 10.6. The van der Waals surface area contributed by atoms with E-state index < -0.39 is 0 Å². The molecule has 6 heteroatoms. The molecule has 1 aromatic carbocycles. The number of nitrogens with zero attached hydrogens (tertiary/aromatic N) is 2. The van der Waals surface area contributed by atoms with Crippen molar-refractivity contribution in [3.8, 4) is 0 Å². The molecule has 4 nitrogen and oxygen atoms in total. The lowest BCUT2D eigenvalue weighted by Gasteiger charge is -2.00. The number of aromatic nitrogens is 2. The highest BCUT2D eigenvalue weighted by atomic mass is 35.5. The fourth-order valence-corrected chi connectivity index (χ4v) is 2.12. The standard InChI is InChI=1S/C13H15Cl2N3O/c1-2-5-16-8-13-17-12(18-19-13)6-9-3-4-10(14)7-11(9)15/h3-4,7,16H,2,5-6,8H2,1H3. The largest absolute Gasteiger partial charge is 0.338 e. The Kier molecular flexibility index (Phi) is 5.19. The van der Waals surface area contributed by atoms with E-state index in [2.05, 4.69) is 22.4 Å². The first kappa shape index (κ1) is 14.3. The molecule has 1 heterocycles. The third-order valence-electron chi connectivity index (χ3n) is 2.58. The molecule has 2 aromatic rings. The number of rotatable bonds is 6. The zero-order chi connectivity index (χ0) is 13.7. The molecule has 0 bridgehead atoms. The first-order chi connectivity index (χ1) is 9.19. The van der Waals surface area contributed by atoms with Gasteiger partial charge in [0.05, 0.1) is 6.54 Å². The van der Waals surface area contributed by atoms with Crippen molar-refractivity contribution >= 4 is 23.2 Å². The van der Waals surface area contributed by atoms with Gasteiger partial charge in [0.25, 0.3) is 0 Å². The summed E-state index contributed by atoms with van der Waals surface area (Å²) in [5.74, 6) is 1.21. The van der Waals surface area contributed by atoms with Gasteiger partial charge in [-0.1, -0.05) is 41.3 Å². The van der Waals surface area contributed by atoms with Crippen molar-refractivity contribution < 1.29 is 4.52 Å². The molecule has 0 saturated carbocycles. The van der Waals surface area contributed by atoms with Crippen molar-refractivity contribution in [3.05, 3.63) is 45.5 Å². The third-order valence-corrected chi connectivity index (χ3v) is 3.16. The van der Waals surface area contributed by atoms with Crippen LogP contribution in [0.5, 0.6) is 0 Å². The fraction of sp³-hybridized carbons (Fsp3) is 0.385. The molecule has 0 aliphatic heterocycles. The SMILES string of the molecule is CCCNCc1nc(Cc2ccc(Cl)cc2Cl)no1. The van der Waals surface area contributed by atoms with Gasteiger partial charge in [-0.2, -0.15) is 4.98 Å². The van der Waals surface area contributed by atoms with E-state index in [4.69, 9.17) is 27.7 Å². The summed E-state index contributed by atoms with van der Waals surface area (Å²) in [5, 5.41) is 8.37. The third kappa shape index (κ3) is 4.20. The normalized spacial score (nSPS) is 10.9. The highest BCUT2D eigenvalue weighted by molar-refractivity contribution is 6.35. The van der Waals surface area contributed by atoms with Gasteiger partial charge in [-0.15, -0.1) is 0 Å². The van der Waals surface area contributed by atoms with Gasteiger partial charge in [0.1, 0.15) is 0 Å². The van der Waals surface area contributed by atoms with E-state index in [1.54, 1.807) is 12.1 Å². The molecular formula is C13H15Cl2N3O. The molecule has 1 N–H and O–H groups in total. The van der Waals surface area contributed by atoms with E-state index in [0.29, 0.717) is 34.7 Å². The molecule has 102 valence electrons. The minimum atomic E-state index is 0.535. The Morgan fingerprint density at radius 2 is 2.16 bits per heavy atom. The quantitative estimate of drug-likeness (QED) is 0.830. The second-order valence-corrected chi connectivity index (χ2v) is 5.04. The van der Waals surface area contributed by atoms with E-state index in [1.165, 1.54) is 0 Å². The summed E-state index contributed by atoms with van der Waals surface area (Å²) in [6.45, 7) is 3.63. The maximum atomic E-state index is 6.11. The van der Waals surface area contributed by atoms with Crippen molar-refractivity contribution in [2.45, 2.75) is 26.3 Å². The second-order valence-electron chi connectivity index (χ2n) is 4.19. The van der Waals surface area contributed by atoms with Crippen LogP contribution < -0.4 is 5.32 Å². The Morgan fingerprint density at radius 1 is 1.32 bits per heavy atom. The molecule has 0 unspecified atom stereocenters. The summed E-state index contributed by atoms with van der Waals surface area (Å²) in [7, 11) is 0. The van der Waals surface area contributed by atoms with Crippen LogP contribution in [0.4, 0.5) is 0 Å². The summed E-state index contributed by atoms with van der Waals surface area (Å²) in [5.41, 5.74) is 0.930. The van der Waals surface area contributed by atoms with Gasteiger partial charge in [-0.05, 0) is 30.7 Å². The Balaban J connectivity index is 1.99. The van der Waals surface area contributed by atoms with E-state index in [1.807, 2.05) is 6.07 Å². The van der Waals surface area contributed by atoms with Crippen LogP contribution in [0.3, 0.4) is 0 Å². The average molecular weight is 300 g/mol. The molecule has 19 heavy (non-hydrogen) atoms. The van der Waals surface area contributed by atoms with Gasteiger partial charge in [-0.3, -0.25) is 0 Å². The van der Waals surface area contributed by atoms with Crippen LogP contribution in [0.15, 0.2) is 22.7 Å². The predicted octanol–water partition coefficient (Wildman–Crippen LogP) is 3.47. The molecule has 1 aromatic heterocycles. The van der Waals surface area contributed by atoms with Gasteiger partial charge in [0.2, 0.25) is 5.89 Å². The number of nitrogens with one attached hydrogen (secondary N) is 1. The minimum absolute atomic E-state index is 0.535. The lowest BCUT2D eigenvalue weighted by atomic mass is 10.1. The fourth-order valence-electron chi connectivity index (χ4n) is 1.64. The Morgan fingerprint density at radius 3 is 2.89 bits per heavy atom. The molecule has 0 spiro atoms. The first-order valence-corrected chi connectivity index (χ1v) is 6.90. The van der Waals surface area contributed by atoms with Crippen molar-refractivity contribution in [2.75, 3.05) is 6.54 Å². The van der Waals surface area contributed by atoms with Crippen LogP contribution >= 0.6 is 23.2 Å². The van der Waals surface area contributed by atoms with Gasteiger partial charge >= 0.3 is 0 Å². The number of hydrogen-bond donors (Lipinski definition) is 1. The lowest BCUT2D eigenvalue weighted by molar-refractivity contribution is 0.363. The topological polar surface area (TPSA) is 51.0 Å². The summed E-state index contributed by atoms with van der Waals surface area (Å²) < 4.78 is 5.15. The monoisotopic (exact) mass is 299 g/mol. The van der Waals surface area contributed by atoms with E-state index >= 15 is 0 Å². The van der Waals surface area contributed by atoms with Crippen LogP contribution in [-0.4, -0.2) is 16.7 Å². The van der Waals surface area contributed by atoms with Gasteiger partial charge < -0.3 is 9.84 Å². The summed E-state index contributed by atoms with van der Waals surface area (Å²) in [4.78, 5) is 4.31. The maximum Gasteiger partial charge on any atom is 0.240 e. The smallest absolute Gasteiger partial charge is 0.240 e. The summed E-state index contributed by atoms with van der Waals surface area (Å²) in [6.07, 6.45) is 1.61. The van der Waals surface area contributed by atoms with E-state index in [0.717, 1.165) is 18.5 Å². The second kappa shape index (κ2) is 6.89. The minimum Gasteiger partial charge on any atom is -0.338 e. The summed E-state index contributed by atoms with van der Waals surface area (Å²) in [6, 6.07) is 5.38. The molecule has 0 radical (unpaired) electrons. The molecule has 0 atom stereocenters. The molecule has 2 rings (SSSR count). The van der Waals surface area contributed by atoms with Gasteiger partial charge in [0.15, 0.2) is 5.82 Å². The highest BCUT2D eigenvalue weighted by Gasteiger charge is 2.09. The van der Waals surface area contributed by atoms with Crippen LogP contribution in [0.1, 0.15) is 30.6 Å². The highest BCUT2D eigenvalue weighted by Crippen LogP contribution is 2.22. The average Bonchev–Trinajstić information content (AvgIpc) is 2.81. The molecular weight excluding hydrogens is 285 g/mol. The van der Waals surface area contributed by atoms with Crippen molar-refractivity contribution in [1.29, 1.82) is 0 Å². The molecule has 0 fully saturated rings. The van der Waals surface area contributed by atoms with Crippen LogP contribution in [0.25, 0.3) is 0 Å². The van der Waals surface area contributed by atoms with Crippen LogP contribution in [0.2, 0.25) is 10.0 Å². The van der Waals surface area contributed by atoms with Crippen molar-refractivity contribution in [2.24, 2.45) is 0 Å². The van der Waals surface area contributed by atoms with Crippen molar-refractivity contribution in [3.63, 3.8) is 0 Å². The lowest BCUT2D eigenvalue weighted by Crippen LogP contribution is -2.13.